The minimum Gasteiger partial charge on any atom is -0.541 e. The van der Waals surface area contributed by atoms with E-state index in [1.807, 2.05) is 4.90 Å². The van der Waals surface area contributed by atoms with E-state index >= 15 is 0 Å². The highest BCUT2D eigenvalue weighted by Gasteiger charge is 2.16. The van der Waals surface area contributed by atoms with Crippen molar-refractivity contribution in [2.24, 2.45) is 0 Å². The van der Waals surface area contributed by atoms with E-state index < -0.39 is 5.97 Å². The Bertz CT molecular complexity index is 419. The Morgan fingerprint density at radius 3 is 2.65 bits per heavy atom. The van der Waals surface area contributed by atoms with E-state index in [1.54, 1.807) is 7.05 Å². The van der Waals surface area contributed by atoms with E-state index in [2.05, 4.69) is 20.3 Å². The van der Waals surface area contributed by atoms with Gasteiger partial charge in [-0.05, 0) is 0 Å². The Labute approximate surface area is 97.7 Å². The van der Waals surface area contributed by atoms with E-state index in [9.17, 15) is 9.90 Å². The summed E-state index contributed by atoms with van der Waals surface area (Å²) in [6.07, 6.45) is 0. The molecule has 1 aliphatic heterocycles. The fraction of sp³-hybridized carbons (Fsp3) is 0.556. The van der Waals surface area contributed by atoms with Gasteiger partial charge in [-0.3, -0.25) is 0 Å². The smallest absolute Gasteiger partial charge is 0.230 e. The molecule has 17 heavy (non-hydrogen) atoms. The summed E-state index contributed by atoms with van der Waals surface area (Å²) >= 11 is 0. The fourth-order valence-electron chi connectivity index (χ4n) is 1.47. The van der Waals surface area contributed by atoms with Crippen LogP contribution in [0.1, 0.15) is 10.6 Å². The number of morpholine rings is 1. The van der Waals surface area contributed by atoms with Gasteiger partial charge in [0.15, 0.2) is 5.82 Å². The van der Waals surface area contributed by atoms with Crippen LogP contribution in [0.15, 0.2) is 0 Å². The zero-order chi connectivity index (χ0) is 12.3. The number of carboxylic acid groups (broad SMARTS) is 1. The van der Waals surface area contributed by atoms with E-state index in [0.29, 0.717) is 32.3 Å². The number of hydrogen-bond acceptors (Lipinski definition) is 8. The number of aromatic carboxylic acids is 1. The first-order valence-electron chi connectivity index (χ1n) is 5.18. The van der Waals surface area contributed by atoms with Gasteiger partial charge in [0.05, 0.1) is 13.2 Å². The molecule has 0 atom stereocenters. The van der Waals surface area contributed by atoms with Crippen LogP contribution >= 0.6 is 0 Å². The summed E-state index contributed by atoms with van der Waals surface area (Å²) in [6.45, 7) is 2.39. The van der Waals surface area contributed by atoms with Gasteiger partial charge in [0.1, 0.15) is 5.97 Å². The first-order chi connectivity index (χ1) is 8.20. The number of carbonyl (C=O) groups excluding carboxylic acids is 1. The van der Waals surface area contributed by atoms with Crippen molar-refractivity contribution in [1.29, 1.82) is 0 Å². The Kier molecular flexibility index (Phi) is 3.33. The predicted molar refractivity (Wildman–Crippen MR) is 56.7 cm³/mol. The molecular weight excluding hydrogens is 226 g/mol. The molecule has 8 nitrogen and oxygen atoms in total. The van der Waals surface area contributed by atoms with Gasteiger partial charge in [0.2, 0.25) is 11.9 Å². The molecule has 1 N–H and O–H groups in total. The molecule has 0 radical (unpaired) electrons. The van der Waals surface area contributed by atoms with Crippen molar-refractivity contribution in [3.8, 4) is 0 Å². The lowest BCUT2D eigenvalue weighted by Gasteiger charge is -2.27. The first-order valence-corrected chi connectivity index (χ1v) is 5.18. The molecule has 0 aliphatic carbocycles. The van der Waals surface area contributed by atoms with Crippen LogP contribution in [0, 0.1) is 0 Å². The molecule has 92 valence electrons. The average Bonchev–Trinajstić information content (AvgIpc) is 2.39. The number of rotatable bonds is 3. The Morgan fingerprint density at radius 2 is 2.06 bits per heavy atom. The first kappa shape index (κ1) is 11.5. The fourth-order valence-corrected chi connectivity index (χ4v) is 1.47. The maximum Gasteiger partial charge on any atom is 0.230 e. The Morgan fingerprint density at radius 1 is 1.35 bits per heavy atom. The summed E-state index contributed by atoms with van der Waals surface area (Å²) in [5, 5.41) is 13.5. The maximum absolute atomic E-state index is 10.8. The average molecular weight is 238 g/mol. The molecule has 0 unspecified atom stereocenters. The molecule has 0 aromatic carbocycles. The van der Waals surface area contributed by atoms with Crippen molar-refractivity contribution in [3.63, 3.8) is 0 Å². The lowest BCUT2D eigenvalue weighted by molar-refractivity contribution is -0.256. The van der Waals surface area contributed by atoms with Gasteiger partial charge >= 0.3 is 0 Å². The molecule has 2 rings (SSSR count). The van der Waals surface area contributed by atoms with Crippen LogP contribution in [-0.2, 0) is 4.74 Å². The quantitative estimate of drug-likeness (QED) is 0.652. The van der Waals surface area contributed by atoms with Gasteiger partial charge in [-0.15, -0.1) is 0 Å². The van der Waals surface area contributed by atoms with Crippen LogP contribution in [0.3, 0.4) is 0 Å². The molecule has 1 aromatic heterocycles. The summed E-state index contributed by atoms with van der Waals surface area (Å²) in [7, 11) is 1.61. The standard InChI is InChI=1S/C9H13N5O3/c1-10-8-11-6(7(15)16)12-9(13-8)14-2-4-17-5-3-14/h2-5H2,1H3,(H,15,16)(H,10,11,12,13)/p-1. The third kappa shape index (κ3) is 2.59. The van der Waals surface area contributed by atoms with Crippen LogP contribution in [-0.4, -0.2) is 54.3 Å². The third-order valence-electron chi connectivity index (χ3n) is 2.32. The number of anilines is 2. The largest absolute Gasteiger partial charge is 0.541 e. The summed E-state index contributed by atoms with van der Waals surface area (Å²) in [5.41, 5.74) is 0. The topological polar surface area (TPSA) is 103 Å². The molecule has 8 heteroatoms. The van der Waals surface area contributed by atoms with Crippen molar-refractivity contribution >= 4 is 17.9 Å². The van der Waals surface area contributed by atoms with Crippen LogP contribution in [0.2, 0.25) is 0 Å². The highest BCUT2D eigenvalue weighted by atomic mass is 16.5. The van der Waals surface area contributed by atoms with Crippen molar-refractivity contribution in [2.45, 2.75) is 0 Å². The van der Waals surface area contributed by atoms with Crippen LogP contribution in [0.5, 0.6) is 0 Å². The second-order valence-corrected chi connectivity index (χ2v) is 3.42. The number of nitrogens with zero attached hydrogens (tertiary/aromatic N) is 4. The molecule has 0 spiro atoms. The van der Waals surface area contributed by atoms with E-state index in [0.717, 1.165) is 0 Å². The molecule has 0 amide bonds. The highest BCUT2D eigenvalue weighted by Crippen LogP contribution is 2.12. The number of aromatic nitrogens is 3. The number of hydrogen-bond donors (Lipinski definition) is 1. The molecule has 0 bridgehead atoms. The van der Waals surface area contributed by atoms with Gasteiger partial charge in [0.25, 0.3) is 0 Å². The summed E-state index contributed by atoms with van der Waals surface area (Å²) in [5.74, 6) is -1.25. The molecule has 1 aromatic rings. The predicted octanol–water partition coefficient (Wildman–Crippen LogP) is -1.89. The molecule has 1 saturated heterocycles. The number of carbonyl (C=O) groups is 1. The van der Waals surface area contributed by atoms with Crippen molar-refractivity contribution < 1.29 is 14.6 Å². The Balaban J connectivity index is 2.31. The number of nitrogens with one attached hydrogen (secondary N) is 1. The lowest BCUT2D eigenvalue weighted by atomic mass is 10.4. The van der Waals surface area contributed by atoms with Gasteiger partial charge in [-0.2, -0.15) is 15.0 Å². The van der Waals surface area contributed by atoms with Crippen molar-refractivity contribution in [2.75, 3.05) is 43.6 Å². The molecular formula is C9H12N5O3-. The molecule has 1 fully saturated rings. The second kappa shape index (κ2) is 4.91. The minimum absolute atomic E-state index is 0.209. The van der Waals surface area contributed by atoms with E-state index in [4.69, 9.17) is 4.74 Å². The van der Waals surface area contributed by atoms with Crippen LogP contribution < -0.4 is 15.3 Å². The van der Waals surface area contributed by atoms with Gasteiger partial charge in [-0.1, -0.05) is 0 Å². The molecule has 0 saturated carbocycles. The van der Waals surface area contributed by atoms with Gasteiger partial charge in [0, 0.05) is 20.1 Å². The Hall–Kier alpha value is -1.96. The van der Waals surface area contributed by atoms with Crippen LogP contribution in [0.25, 0.3) is 0 Å². The summed E-state index contributed by atoms with van der Waals surface area (Å²) < 4.78 is 5.20. The van der Waals surface area contributed by atoms with Crippen molar-refractivity contribution in [1.82, 2.24) is 15.0 Å². The van der Waals surface area contributed by atoms with Gasteiger partial charge < -0.3 is 24.9 Å². The van der Waals surface area contributed by atoms with E-state index in [1.165, 1.54) is 0 Å². The van der Waals surface area contributed by atoms with Crippen molar-refractivity contribution in [3.05, 3.63) is 5.82 Å². The maximum atomic E-state index is 10.8. The third-order valence-corrected chi connectivity index (χ3v) is 2.32. The highest BCUT2D eigenvalue weighted by molar-refractivity contribution is 5.81. The van der Waals surface area contributed by atoms with Crippen LogP contribution in [0.4, 0.5) is 11.9 Å². The lowest BCUT2D eigenvalue weighted by Crippen LogP contribution is -2.38. The molecule has 2 heterocycles. The second-order valence-electron chi connectivity index (χ2n) is 3.42. The zero-order valence-electron chi connectivity index (χ0n) is 9.34. The van der Waals surface area contributed by atoms with E-state index in [-0.39, 0.29) is 11.8 Å². The summed E-state index contributed by atoms with van der Waals surface area (Å²) in [4.78, 5) is 24.3. The minimum atomic E-state index is -1.42. The SMILES string of the molecule is CNc1nc(C(=O)[O-])nc(N2CCOCC2)n1. The zero-order valence-corrected chi connectivity index (χ0v) is 9.34. The van der Waals surface area contributed by atoms with Gasteiger partial charge in [-0.25, -0.2) is 0 Å². The monoisotopic (exact) mass is 238 g/mol. The summed E-state index contributed by atoms with van der Waals surface area (Å²) in [6, 6.07) is 0. The number of ether oxygens (including phenoxy) is 1. The molecule has 1 aliphatic rings. The number of carboxylic acids is 1. The normalized spacial score (nSPS) is 15.7.